The SMILES string of the molecule is [CH-]1CCC(CC2C[CH-]CC2)C1.[Pt+2].[Pt+2].[c-]1c(-c2ccccn2)cccc1-c1ccccn1.[c-]1ccccc1-c1cccc(-c2nccs2)n1. The first-order valence-electron chi connectivity index (χ1n) is 16.1. The van der Waals surface area contributed by atoms with Gasteiger partial charge in [0.05, 0.1) is 5.69 Å². The van der Waals surface area contributed by atoms with Crippen LogP contribution in [0.2, 0.25) is 0 Å². The third kappa shape index (κ3) is 11.2. The minimum Gasteiger partial charge on any atom is -0.328 e. The van der Waals surface area contributed by atoms with Crippen molar-refractivity contribution in [3.8, 4) is 44.5 Å². The zero-order valence-corrected chi connectivity index (χ0v) is 32.0. The number of thiazole rings is 1. The standard InChI is InChI=1S/C16H11N2.C14H9N2S.C11H18.2Pt/c1-3-10-17-15(8-1)13-6-5-7-14(12-13)16-9-2-4-11-18-16;1-2-5-11(6-3-1)12-7-4-8-13(16-12)14-15-9-10-17-14;1-2-6-10(5-1)9-11-7-3-4-8-11;;/h1-11H;1-5,7-10H;1,3,10-11H,2,4-9H2;;/q2*-1;-2;2*+2. The van der Waals surface area contributed by atoms with Gasteiger partial charge in [0.15, 0.2) is 0 Å². The quantitative estimate of drug-likeness (QED) is 0.156. The fourth-order valence-electron chi connectivity index (χ4n) is 5.97. The second-order valence-electron chi connectivity index (χ2n) is 11.6. The van der Waals surface area contributed by atoms with E-state index in [1.165, 1.54) is 44.9 Å². The third-order valence-corrected chi connectivity index (χ3v) is 9.08. The molecule has 248 valence electrons. The van der Waals surface area contributed by atoms with Crippen molar-refractivity contribution >= 4 is 11.3 Å². The summed E-state index contributed by atoms with van der Waals surface area (Å²) in [6, 6.07) is 38.1. The molecular formula is C41H38N4Pt2S. The van der Waals surface area contributed by atoms with Crippen LogP contribution in [0, 0.1) is 36.8 Å². The maximum absolute atomic E-state index is 4.60. The smallest absolute Gasteiger partial charge is 0.328 e. The Morgan fingerprint density at radius 3 is 1.71 bits per heavy atom. The van der Waals surface area contributed by atoms with Crippen LogP contribution < -0.4 is 0 Å². The van der Waals surface area contributed by atoms with Gasteiger partial charge < -0.3 is 12.8 Å². The van der Waals surface area contributed by atoms with Gasteiger partial charge in [-0.15, -0.1) is 71.5 Å². The molecule has 2 unspecified atom stereocenters. The van der Waals surface area contributed by atoms with E-state index in [0.29, 0.717) is 0 Å². The number of nitrogens with zero attached hydrogens (tertiary/aromatic N) is 4. The summed E-state index contributed by atoms with van der Waals surface area (Å²) >= 11 is 1.60. The Bertz CT molecular complexity index is 1650. The fourth-order valence-corrected chi connectivity index (χ4v) is 6.57. The van der Waals surface area contributed by atoms with Crippen LogP contribution in [0.5, 0.6) is 0 Å². The normalized spacial score (nSPS) is 16.2. The summed E-state index contributed by atoms with van der Waals surface area (Å²) in [7, 11) is 0. The number of rotatable bonds is 6. The second kappa shape index (κ2) is 20.4. The predicted molar refractivity (Wildman–Crippen MR) is 189 cm³/mol. The minimum absolute atomic E-state index is 0. The van der Waals surface area contributed by atoms with Crippen LogP contribution in [0.4, 0.5) is 0 Å². The Hall–Kier alpha value is -3.10. The van der Waals surface area contributed by atoms with Crippen molar-refractivity contribution in [3.05, 3.63) is 146 Å². The molecule has 0 aliphatic heterocycles. The van der Waals surface area contributed by atoms with Gasteiger partial charge in [0.25, 0.3) is 0 Å². The molecule has 4 heterocycles. The molecule has 4 aromatic heterocycles. The summed E-state index contributed by atoms with van der Waals surface area (Å²) in [6.07, 6.45) is 20.4. The molecule has 2 atom stereocenters. The van der Waals surface area contributed by atoms with Crippen molar-refractivity contribution in [2.45, 2.75) is 44.9 Å². The molecule has 2 aliphatic rings. The van der Waals surface area contributed by atoms with Crippen LogP contribution in [0.15, 0.2) is 121 Å². The molecule has 2 saturated carbocycles. The maximum Gasteiger partial charge on any atom is 2.00 e. The molecule has 0 bridgehead atoms. The summed E-state index contributed by atoms with van der Waals surface area (Å²) in [5.74, 6) is 2.12. The molecule has 4 nitrogen and oxygen atoms in total. The fraction of sp³-hybridized carbons (Fsp3) is 0.220. The number of hydrogen-bond acceptors (Lipinski definition) is 5. The topological polar surface area (TPSA) is 51.6 Å². The van der Waals surface area contributed by atoms with E-state index in [1.807, 2.05) is 102 Å². The Labute approximate surface area is 318 Å². The molecule has 0 saturated heterocycles. The first kappa shape index (κ1) is 37.7. The molecule has 2 aliphatic carbocycles. The first-order valence-corrected chi connectivity index (χ1v) is 17.0. The van der Waals surface area contributed by atoms with Crippen molar-refractivity contribution in [2.24, 2.45) is 11.8 Å². The van der Waals surface area contributed by atoms with E-state index < -0.39 is 0 Å². The van der Waals surface area contributed by atoms with E-state index in [2.05, 4.69) is 44.9 Å². The average molecular weight is 1010 g/mol. The number of benzene rings is 2. The molecule has 2 fully saturated rings. The van der Waals surface area contributed by atoms with Gasteiger partial charge in [-0.1, -0.05) is 78.6 Å². The number of aromatic nitrogens is 4. The van der Waals surface area contributed by atoms with Gasteiger partial charge >= 0.3 is 42.1 Å². The zero-order chi connectivity index (χ0) is 31.2. The molecule has 0 N–H and O–H groups in total. The molecule has 0 radical (unpaired) electrons. The predicted octanol–water partition coefficient (Wildman–Crippen LogP) is 10.7. The maximum atomic E-state index is 4.60. The zero-order valence-electron chi connectivity index (χ0n) is 26.6. The van der Waals surface area contributed by atoms with Gasteiger partial charge in [0.2, 0.25) is 0 Å². The summed E-state index contributed by atoms with van der Waals surface area (Å²) in [6.45, 7) is 0. The molecular weight excluding hydrogens is 971 g/mol. The van der Waals surface area contributed by atoms with Gasteiger partial charge in [-0.05, 0) is 23.9 Å². The molecule has 0 amide bonds. The molecule has 7 heteroatoms. The Balaban J connectivity index is 0.000000164. The molecule has 48 heavy (non-hydrogen) atoms. The van der Waals surface area contributed by atoms with Crippen LogP contribution in [0.3, 0.4) is 0 Å². The van der Waals surface area contributed by atoms with Crippen molar-refractivity contribution in [1.82, 2.24) is 19.9 Å². The van der Waals surface area contributed by atoms with Gasteiger partial charge in [0.1, 0.15) is 5.01 Å². The summed E-state index contributed by atoms with van der Waals surface area (Å²) in [5, 5.41) is 2.90. The van der Waals surface area contributed by atoms with E-state index in [1.54, 1.807) is 29.9 Å². The first-order chi connectivity index (χ1) is 22.8. The minimum atomic E-state index is 0. The van der Waals surface area contributed by atoms with Crippen LogP contribution in [-0.4, -0.2) is 19.9 Å². The summed E-state index contributed by atoms with van der Waals surface area (Å²) in [4.78, 5) is 17.5. The van der Waals surface area contributed by atoms with Gasteiger partial charge in [-0.25, -0.2) is 4.98 Å². The molecule has 2 aromatic carbocycles. The van der Waals surface area contributed by atoms with E-state index in [9.17, 15) is 0 Å². The van der Waals surface area contributed by atoms with Crippen molar-refractivity contribution < 1.29 is 42.1 Å². The monoisotopic (exact) mass is 1010 g/mol. The van der Waals surface area contributed by atoms with E-state index >= 15 is 0 Å². The van der Waals surface area contributed by atoms with Crippen LogP contribution in [-0.2, 0) is 42.1 Å². The summed E-state index contributed by atoms with van der Waals surface area (Å²) < 4.78 is 0. The average Bonchev–Trinajstić information content (AvgIpc) is 3.96. The van der Waals surface area contributed by atoms with Crippen molar-refractivity contribution in [3.63, 3.8) is 0 Å². The summed E-state index contributed by atoms with van der Waals surface area (Å²) in [5.41, 5.74) is 6.67. The van der Waals surface area contributed by atoms with Crippen LogP contribution >= 0.6 is 11.3 Å². The Kier molecular flexibility index (Phi) is 16.0. The van der Waals surface area contributed by atoms with Gasteiger partial charge in [-0.2, -0.15) is 25.7 Å². The van der Waals surface area contributed by atoms with Crippen molar-refractivity contribution in [2.75, 3.05) is 0 Å². The Morgan fingerprint density at radius 2 is 1.19 bits per heavy atom. The molecule has 6 aromatic rings. The van der Waals surface area contributed by atoms with Gasteiger partial charge in [-0.3, -0.25) is 15.0 Å². The van der Waals surface area contributed by atoms with E-state index in [-0.39, 0.29) is 42.1 Å². The Morgan fingerprint density at radius 1 is 0.604 bits per heavy atom. The van der Waals surface area contributed by atoms with Crippen LogP contribution in [0.1, 0.15) is 44.9 Å². The second-order valence-corrected chi connectivity index (χ2v) is 12.5. The van der Waals surface area contributed by atoms with E-state index in [0.717, 1.165) is 56.3 Å². The number of pyridine rings is 3. The molecule has 8 rings (SSSR count). The third-order valence-electron chi connectivity index (χ3n) is 8.29. The van der Waals surface area contributed by atoms with Crippen molar-refractivity contribution in [1.29, 1.82) is 0 Å². The molecule has 0 spiro atoms. The van der Waals surface area contributed by atoms with E-state index in [4.69, 9.17) is 0 Å². The largest absolute Gasteiger partial charge is 2.00 e. The number of hydrogen-bond donors (Lipinski definition) is 0. The van der Waals surface area contributed by atoms with Crippen LogP contribution in [0.25, 0.3) is 44.5 Å². The van der Waals surface area contributed by atoms with Gasteiger partial charge in [0, 0.05) is 35.4 Å².